The van der Waals surface area contributed by atoms with Gasteiger partial charge in [-0.25, -0.2) is 25.3 Å². The molecule has 4 rings (SSSR count). The highest BCUT2D eigenvalue weighted by Crippen LogP contribution is 2.36. The number of benzene rings is 2. The van der Waals surface area contributed by atoms with Gasteiger partial charge in [0.15, 0.2) is 0 Å². The first-order valence-corrected chi connectivity index (χ1v) is 11.6. The standard InChI is InChI=1S/C23H26N6O4S/c1-15-7-9-16(10-8-15)14-28-21(29(24)23(33)27(22(28)32)12-11-19(30)31)26-18-13-25-20(34-18)17-5-3-2-4-6-17/h2-10,13,20-21,25-26H,11-12,14,24H2,1H3,(H,30,31). The predicted octanol–water partition coefficient (Wildman–Crippen LogP) is 2.71. The third-order valence-electron chi connectivity index (χ3n) is 5.49. The molecule has 34 heavy (non-hydrogen) atoms. The summed E-state index contributed by atoms with van der Waals surface area (Å²) in [4.78, 5) is 39.5. The number of carboxylic acid groups (broad SMARTS) is 1. The van der Waals surface area contributed by atoms with Crippen molar-refractivity contribution in [1.82, 2.24) is 25.4 Å². The smallest absolute Gasteiger partial charge is 0.345 e. The number of hydrogen-bond acceptors (Lipinski definition) is 7. The van der Waals surface area contributed by atoms with Gasteiger partial charge < -0.3 is 15.7 Å². The van der Waals surface area contributed by atoms with Crippen LogP contribution in [0.25, 0.3) is 0 Å². The molecule has 0 bridgehead atoms. The molecule has 0 spiro atoms. The van der Waals surface area contributed by atoms with Crippen molar-refractivity contribution in [2.75, 3.05) is 6.54 Å². The van der Waals surface area contributed by atoms with E-state index >= 15 is 0 Å². The van der Waals surface area contributed by atoms with E-state index in [1.165, 1.54) is 16.7 Å². The lowest BCUT2D eigenvalue weighted by molar-refractivity contribution is -0.137. The molecule has 2 heterocycles. The summed E-state index contributed by atoms with van der Waals surface area (Å²) in [6.07, 6.45) is 0.453. The molecule has 2 aromatic carbocycles. The Labute approximate surface area is 201 Å². The van der Waals surface area contributed by atoms with Crippen LogP contribution < -0.4 is 16.5 Å². The van der Waals surface area contributed by atoms with Crippen molar-refractivity contribution in [2.45, 2.75) is 31.6 Å². The number of thioether (sulfide) groups is 1. The maximum absolute atomic E-state index is 13.3. The van der Waals surface area contributed by atoms with Crippen LogP contribution in [-0.2, 0) is 11.3 Å². The number of carbonyl (C=O) groups excluding carboxylic acids is 2. The normalized spacial score (nSPS) is 20.3. The number of amides is 4. The summed E-state index contributed by atoms with van der Waals surface area (Å²) in [5.74, 6) is 5.04. The second kappa shape index (κ2) is 10.1. The molecule has 1 saturated heterocycles. The summed E-state index contributed by atoms with van der Waals surface area (Å²) >= 11 is 1.50. The Balaban J connectivity index is 1.55. The Bertz CT molecular complexity index is 1090. The van der Waals surface area contributed by atoms with Crippen LogP contribution >= 0.6 is 11.8 Å². The predicted molar refractivity (Wildman–Crippen MR) is 127 cm³/mol. The van der Waals surface area contributed by atoms with E-state index in [4.69, 9.17) is 10.9 Å². The second-order valence-electron chi connectivity index (χ2n) is 7.98. The Morgan fingerprint density at radius 2 is 1.82 bits per heavy atom. The highest BCUT2D eigenvalue weighted by molar-refractivity contribution is 8.03. The minimum atomic E-state index is -1.11. The molecule has 4 amide bonds. The van der Waals surface area contributed by atoms with E-state index in [1.54, 1.807) is 6.20 Å². The van der Waals surface area contributed by atoms with Crippen molar-refractivity contribution in [3.8, 4) is 0 Å². The zero-order valence-corrected chi connectivity index (χ0v) is 19.4. The van der Waals surface area contributed by atoms with Gasteiger partial charge in [-0.05, 0) is 18.1 Å². The minimum Gasteiger partial charge on any atom is -0.481 e. The van der Waals surface area contributed by atoms with Gasteiger partial charge in [-0.1, -0.05) is 71.9 Å². The van der Waals surface area contributed by atoms with Crippen molar-refractivity contribution in [3.05, 3.63) is 82.5 Å². The first kappa shape index (κ1) is 23.5. The zero-order valence-electron chi connectivity index (χ0n) is 18.5. The number of aryl methyl sites for hydroxylation is 1. The van der Waals surface area contributed by atoms with Gasteiger partial charge in [0.2, 0.25) is 6.29 Å². The Kier molecular flexibility index (Phi) is 6.94. The molecule has 2 atom stereocenters. The van der Waals surface area contributed by atoms with Gasteiger partial charge in [-0.15, -0.1) is 0 Å². The number of nitrogens with one attached hydrogen (secondary N) is 2. The van der Waals surface area contributed by atoms with Crippen molar-refractivity contribution >= 4 is 29.8 Å². The van der Waals surface area contributed by atoms with Crippen molar-refractivity contribution in [2.24, 2.45) is 5.84 Å². The summed E-state index contributed by atoms with van der Waals surface area (Å²) in [5.41, 5.74) is 3.00. The Hall–Kier alpha value is -3.70. The largest absolute Gasteiger partial charge is 0.481 e. The number of imide groups is 1. The third-order valence-corrected chi connectivity index (χ3v) is 6.63. The number of urea groups is 2. The number of rotatable bonds is 8. The van der Waals surface area contributed by atoms with Crippen LogP contribution in [0.5, 0.6) is 0 Å². The lowest BCUT2D eigenvalue weighted by atomic mass is 10.1. The van der Waals surface area contributed by atoms with Crippen LogP contribution in [0.4, 0.5) is 9.59 Å². The van der Waals surface area contributed by atoms with E-state index in [9.17, 15) is 14.4 Å². The molecule has 11 heteroatoms. The van der Waals surface area contributed by atoms with Gasteiger partial charge in [0.25, 0.3) is 0 Å². The van der Waals surface area contributed by atoms with E-state index in [0.29, 0.717) is 5.03 Å². The van der Waals surface area contributed by atoms with Gasteiger partial charge in [0, 0.05) is 12.7 Å². The molecule has 1 fully saturated rings. The van der Waals surface area contributed by atoms with Gasteiger partial charge >= 0.3 is 18.0 Å². The quantitative estimate of drug-likeness (QED) is 0.334. The first-order valence-electron chi connectivity index (χ1n) is 10.7. The highest BCUT2D eigenvalue weighted by atomic mass is 32.2. The van der Waals surface area contributed by atoms with E-state index < -0.39 is 24.3 Å². The fraction of sp³-hybridized carbons (Fsp3) is 0.261. The Morgan fingerprint density at radius 3 is 2.50 bits per heavy atom. The van der Waals surface area contributed by atoms with Crippen molar-refractivity contribution in [1.29, 1.82) is 0 Å². The maximum atomic E-state index is 13.3. The second-order valence-corrected chi connectivity index (χ2v) is 9.13. The number of nitrogens with zero attached hydrogens (tertiary/aromatic N) is 3. The molecule has 0 aliphatic carbocycles. The topological polar surface area (TPSA) is 131 Å². The summed E-state index contributed by atoms with van der Waals surface area (Å²) in [7, 11) is 0. The van der Waals surface area contributed by atoms with Crippen LogP contribution in [0.2, 0.25) is 0 Å². The fourth-order valence-corrected chi connectivity index (χ4v) is 4.66. The van der Waals surface area contributed by atoms with E-state index in [2.05, 4.69) is 10.6 Å². The molecule has 178 valence electrons. The van der Waals surface area contributed by atoms with Crippen molar-refractivity contribution < 1.29 is 19.5 Å². The zero-order chi connectivity index (χ0) is 24.2. The van der Waals surface area contributed by atoms with Gasteiger partial charge in [-0.2, -0.15) is 0 Å². The lowest BCUT2D eigenvalue weighted by Crippen LogP contribution is -2.71. The summed E-state index contributed by atoms with van der Waals surface area (Å²) in [6.45, 7) is 1.87. The molecule has 5 N–H and O–H groups in total. The maximum Gasteiger partial charge on any atom is 0.345 e. The fourth-order valence-electron chi connectivity index (χ4n) is 3.67. The Morgan fingerprint density at radius 1 is 1.12 bits per heavy atom. The summed E-state index contributed by atoms with van der Waals surface area (Å²) in [5, 5.41) is 17.1. The molecule has 0 radical (unpaired) electrons. The van der Waals surface area contributed by atoms with Crippen LogP contribution in [-0.4, -0.2) is 50.8 Å². The van der Waals surface area contributed by atoms with Gasteiger partial charge in [0.1, 0.15) is 5.37 Å². The monoisotopic (exact) mass is 482 g/mol. The van der Waals surface area contributed by atoms with E-state index in [1.807, 2.05) is 61.5 Å². The average Bonchev–Trinajstić information content (AvgIpc) is 3.30. The molecular weight excluding hydrogens is 456 g/mol. The summed E-state index contributed by atoms with van der Waals surface area (Å²) < 4.78 is 0. The number of carbonyl (C=O) groups is 3. The molecule has 0 saturated carbocycles. The third kappa shape index (κ3) is 5.10. The summed E-state index contributed by atoms with van der Waals surface area (Å²) in [6, 6.07) is 16.2. The van der Waals surface area contributed by atoms with Crippen LogP contribution in [0, 0.1) is 6.92 Å². The van der Waals surface area contributed by atoms with E-state index in [0.717, 1.165) is 26.6 Å². The van der Waals surface area contributed by atoms with Gasteiger partial charge in [-0.3, -0.25) is 9.69 Å². The molecular formula is C23H26N6O4S. The minimum absolute atomic E-state index is 0.0254. The molecule has 2 aliphatic heterocycles. The molecule has 10 nitrogen and oxygen atoms in total. The van der Waals surface area contributed by atoms with Crippen LogP contribution in [0.15, 0.2) is 65.8 Å². The number of nitrogens with two attached hydrogens (primary N) is 1. The number of carboxylic acids is 1. The number of aliphatic carboxylic acids is 1. The number of hydrogen-bond donors (Lipinski definition) is 4. The first-order chi connectivity index (χ1) is 16.3. The average molecular weight is 483 g/mol. The van der Waals surface area contributed by atoms with Crippen LogP contribution in [0.3, 0.4) is 0 Å². The lowest BCUT2D eigenvalue weighted by Gasteiger charge is -2.45. The van der Waals surface area contributed by atoms with Crippen molar-refractivity contribution in [3.63, 3.8) is 0 Å². The van der Waals surface area contributed by atoms with E-state index in [-0.39, 0.29) is 24.9 Å². The molecule has 2 aromatic rings. The van der Waals surface area contributed by atoms with Gasteiger partial charge in [0.05, 0.1) is 18.0 Å². The SMILES string of the molecule is Cc1ccc(CN2C(=O)N(CCC(=O)O)C(=O)N(N)C2NC2=CNC(c3ccccc3)S2)cc1. The van der Waals surface area contributed by atoms with Crippen LogP contribution in [0.1, 0.15) is 28.5 Å². The highest BCUT2D eigenvalue weighted by Gasteiger charge is 2.44. The molecule has 0 aromatic heterocycles. The number of hydrazine groups is 1. The molecule has 2 aliphatic rings. The molecule has 2 unspecified atom stereocenters.